The zero-order valence-corrected chi connectivity index (χ0v) is 15.5. The number of urea groups is 1. The van der Waals surface area contributed by atoms with Gasteiger partial charge in [-0.2, -0.15) is 0 Å². The van der Waals surface area contributed by atoms with Gasteiger partial charge in [0.05, 0.1) is 6.54 Å². The molecule has 138 valence electrons. The highest BCUT2D eigenvalue weighted by atomic mass is 16.5. The monoisotopic (exact) mass is 355 g/mol. The Morgan fingerprint density at radius 2 is 2.12 bits per heavy atom. The molecule has 1 aliphatic rings. The van der Waals surface area contributed by atoms with Crippen LogP contribution in [0.1, 0.15) is 18.4 Å². The maximum atomic E-state index is 12.5. The van der Waals surface area contributed by atoms with Crippen molar-refractivity contribution >= 4 is 17.5 Å². The SMILES string of the molecule is Cc1cccc(NC(=O)N2CCCC(Oc3ccc(N(C)C)nn3)C2)c1. The number of hydrogen-bond donors (Lipinski definition) is 1. The summed E-state index contributed by atoms with van der Waals surface area (Å²) in [6, 6.07) is 11.4. The first kappa shape index (κ1) is 18.0. The van der Waals surface area contributed by atoms with Crippen LogP contribution in [0.4, 0.5) is 16.3 Å². The second-order valence-electron chi connectivity index (χ2n) is 6.75. The van der Waals surface area contributed by atoms with Gasteiger partial charge in [0.25, 0.3) is 0 Å². The number of ether oxygens (including phenoxy) is 1. The number of benzene rings is 1. The molecule has 0 radical (unpaired) electrons. The van der Waals surface area contributed by atoms with Crippen molar-refractivity contribution in [3.05, 3.63) is 42.0 Å². The van der Waals surface area contributed by atoms with Crippen molar-refractivity contribution in [2.45, 2.75) is 25.9 Å². The number of hydrogen-bond acceptors (Lipinski definition) is 5. The standard InChI is InChI=1S/C19H25N5O2/c1-14-6-4-7-15(12-14)20-19(25)24-11-5-8-16(13-24)26-18-10-9-17(21-22-18)23(2)3/h4,6-7,9-10,12,16H,5,8,11,13H2,1-3H3,(H,20,25). The van der Waals surface area contributed by atoms with Gasteiger partial charge in [-0.25, -0.2) is 4.79 Å². The van der Waals surface area contributed by atoms with Crippen LogP contribution in [0.15, 0.2) is 36.4 Å². The molecular weight excluding hydrogens is 330 g/mol. The highest BCUT2D eigenvalue weighted by Gasteiger charge is 2.25. The van der Waals surface area contributed by atoms with E-state index in [-0.39, 0.29) is 12.1 Å². The number of nitrogens with one attached hydrogen (secondary N) is 1. The summed E-state index contributed by atoms with van der Waals surface area (Å²) in [5, 5.41) is 11.2. The fourth-order valence-electron chi connectivity index (χ4n) is 2.93. The number of aromatic nitrogens is 2. The number of carbonyl (C=O) groups excluding carboxylic acids is 1. The lowest BCUT2D eigenvalue weighted by Crippen LogP contribution is -2.46. The Hall–Kier alpha value is -2.83. The second-order valence-corrected chi connectivity index (χ2v) is 6.75. The molecule has 2 aromatic rings. The van der Waals surface area contributed by atoms with Crippen LogP contribution < -0.4 is 15.0 Å². The van der Waals surface area contributed by atoms with Crippen molar-refractivity contribution in [2.75, 3.05) is 37.4 Å². The average molecular weight is 355 g/mol. The van der Waals surface area contributed by atoms with Crippen molar-refractivity contribution in [3.8, 4) is 5.88 Å². The Kier molecular flexibility index (Phi) is 5.55. The molecule has 0 bridgehead atoms. The van der Waals surface area contributed by atoms with E-state index >= 15 is 0 Å². The minimum atomic E-state index is -0.0991. The predicted octanol–water partition coefficient (Wildman–Crippen LogP) is 2.93. The van der Waals surface area contributed by atoms with Crippen molar-refractivity contribution < 1.29 is 9.53 Å². The van der Waals surface area contributed by atoms with E-state index in [1.165, 1.54) is 0 Å². The average Bonchev–Trinajstić information content (AvgIpc) is 2.62. The molecule has 7 nitrogen and oxygen atoms in total. The maximum absolute atomic E-state index is 12.5. The summed E-state index contributed by atoms with van der Waals surface area (Å²) in [5.41, 5.74) is 1.92. The van der Waals surface area contributed by atoms with Crippen molar-refractivity contribution in [3.63, 3.8) is 0 Å². The molecule has 1 aromatic carbocycles. The highest BCUT2D eigenvalue weighted by Crippen LogP contribution is 2.19. The van der Waals surface area contributed by atoms with Gasteiger partial charge in [-0.15, -0.1) is 10.2 Å². The van der Waals surface area contributed by atoms with Gasteiger partial charge in [0, 0.05) is 32.4 Å². The molecule has 0 saturated carbocycles. The van der Waals surface area contributed by atoms with Gasteiger partial charge >= 0.3 is 6.03 Å². The largest absolute Gasteiger partial charge is 0.471 e. The van der Waals surface area contributed by atoms with E-state index in [2.05, 4.69) is 15.5 Å². The quantitative estimate of drug-likeness (QED) is 0.913. The number of anilines is 2. The first-order valence-corrected chi connectivity index (χ1v) is 8.81. The molecule has 7 heteroatoms. The van der Waals surface area contributed by atoms with Crippen LogP contribution in [0.5, 0.6) is 5.88 Å². The van der Waals surface area contributed by atoms with Gasteiger partial charge < -0.3 is 19.9 Å². The Labute approximate surface area is 154 Å². The van der Waals surface area contributed by atoms with Gasteiger partial charge in [0.2, 0.25) is 5.88 Å². The lowest BCUT2D eigenvalue weighted by molar-refractivity contribution is 0.102. The van der Waals surface area contributed by atoms with Crippen LogP contribution in [0.25, 0.3) is 0 Å². The Balaban J connectivity index is 1.57. The predicted molar refractivity (Wildman–Crippen MR) is 102 cm³/mol. The smallest absolute Gasteiger partial charge is 0.321 e. The first-order chi connectivity index (χ1) is 12.5. The molecule has 1 aliphatic heterocycles. The minimum Gasteiger partial charge on any atom is -0.471 e. The first-order valence-electron chi connectivity index (χ1n) is 8.81. The maximum Gasteiger partial charge on any atom is 0.321 e. The Morgan fingerprint density at radius 1 is 1.27 bits per heavy atom. The number of nitrogens with zero attached hydrogens (tertiary/aromatic N) is 4. The van der Waals surface area contributed by atoms with Crippen LogP contribution in [-0.2, 0) is 0 Å². The number of aryl methyl sites for hydroxylation is 1. The Bertz CT molecular complexity index is 748. The molecule has 1 atom stereocenters. The molecule has 2 amide bonds. The molecule has 0 spiro atoms. The normalized spacial score (nSPS) is 16.9. The summed E-state index contributed by atoms with van der Waals surface area (Å²) in [5.74, 6) is 1.27. The van der Waals surface area contributed by atoms with E-state index in [9.17, 15) is 4.79 Å². The highest BCUT2D eigenvalue weighted by molar-refractivity contribution is 5.89. The van der Waals surface area contributed by atoms with E-state index in [0.29, 0.717) is 12.4 Å². The zero-order chi connectivity index (χ0) is 18.5. The molecule has 1 saturated heterocycles. The molecule has 26 heavy (non-hydrogen) atoms. The molecule has 1 N–H and O–H groups in total. The number of amides is 2. The van der Waals surface area contributed by atoms with E-state index in [4.69, 9.17) is 4.74 Å². The lowest BCUT2D eigenvalue weighted by atomic mass is 10.1. The Morgan fingerprint density at radius 3 is 2.81 bits per heavy atom. The second kappa shape index (κ2) is 8.03. The fourth-order valence-corrected chi connectivity index (χ4v) is 2.93. The summed E-state index contributed by atoms with van der Waals surface area (Å²) in [4.78, 5) is 16.2. The number of rotatable bonds is 4. The van der Waals surface area contributed by atoms with Crippen LogP contribution in [0.3, 0.4) is 0 Å². The fraction of sp³-hybridized carbons (Fsp3) is 0.421. The molecule has 2 heterocycles. The van der Waals surface area contributed by atoms with Crippen LogP contribution >= 0.6 is 0 Å². The molecule has 1 fully saturated rings. The zero-order valence-electron chi connectivity index (χ0n) is 15.5. The van der Waals surface area contributed by atoms with Gasteiger partial charge in [-0.3, -0.25) is 0 Å². The minimum absolute atomic E-state index is 0.0773. The van der Waals surface area contributed by atoms with Gasteiger partial charge in [-0.1, -0.05) is 12.1 Å². The van der Waals surface area contributed by atoms with Crippen molar-refractivity contribution in [1.82, 2.24) is 15.1 Å². The van der Waals surface area contributed by atoms with Gasteiger partial charge in [-0.05, 0) is 43.5 Å². The van der Waals surface area contributed by atoms with Crippen LogP contribution in [-0.4, -0.2) is 54.4 Å². The molecule has 3 rings (SSSR count). The van der Waals surface area contributed by atoms with E-state index in [1.807, 2.05) is 62.3 Å². The lowest BCUT2D eigenvalue weighted by Gasteiger charge is -2.32. The third kappa shape index (κ3) is 4.62. The number of piperidine rings is 1. The van der Waals surface area contributed by atoms with Crippen molar-refractivity contribution in [1.29, 1.82) is 0 Å². The number of carbonyl (C=O) groups is 1. The van der Waals surface area contributed by atoms with Crippen LogP contribution in [0.2, 0.25) is 0 Å². The third-order valence-electron chi connectivity index (χ3n) is 4.31. The molecule has 0 aliphatic carbocycles. The summed E-state index contributed by atoms with van der Waals surface area (Å²) in [6.45, 7) is 3.26. The number of likely N-dealkylation sites (tertiary alicyclic amines) is 1. The van der Waals surface area contributed by atoms with Crippen LogP contribution in [0, 0.1) is 6.92 Å². The molecule has 1 unspecified atom stereocenters. The molecule has 1 aromatic heterocycles. The third-order valence-corrected chi connectivity index (χ3v) is 4.31. The summed E-state index contributed by atoms with van der Waals surface area (Å²) in [6.07, 6.45) is 1.71. The summed E-state index contributed by atoms with van der Waals surface area (Å²) >= 11 is 0. The van der Waals surface area contributed by atoms with E-state index < -0.39 is 0 Å². The van der Waals surface area contributed by atoms with Crippen molar-refractivity contribution in [2.24, 2.45) is 0 Å². The van der Waals surface area contributed by atoms with Gasteiger partial charge in [0.1, 0.15) is 6.10 Å². The van der Waals surface area contributed by atoms with Gasteiger partial charge in [0.15, 0.2) is 5.82 Å². The molecular formula is C19H25N5O2. The summed E-state index contributed by atoms with van der Waals surface area (Å²) < 4.78 is 5.93. The van der Waals surface area contributed by atoms with E-state index in [0.717, 1.165) is 36.5 Å². The summed E-state index contributed by atoms with van der Waals surface area (Å²) in [7, 11) is 3.83. The van der Waals surface area contributed by atoms with E-state index in [1.54, 1.807) is 4.90 Å². The topological polar surface area (TPSA) is 70.6 Å².